The number of nitrogens with one attached hydrogen (secondary N) is 1. The first-order valence-corrected chi connectivity index (χ1v) is 6.36. The molecule has 1 amide bonds. The van der Waals surface area contributed by atoms with E-state index in [0.717, 1.165) is 51.9 Å². The number of amides is 1. The van der Waals surface area contributed by atoms with Crippen molar-refractivity contribution in [1.29, 1.82) is 0 Å². The van der Waals surface area contributed by atoms with Crippen molar-refractivity contribution >= 4 is 18.3 Å². The Labute approximate surface area is 109 Å². The van der Waals surface area contributed by atoms with E-state index in [9.17, 15) is 4.79 Å². The van der Waals surface area contributed by atoms with Gasteiger partial charge in [-0.3, -0.25) is 4.79 Å². The number of hydrogen-bond donors (Lipinski definition) is 2. The third-order valence-electron chi connectivity index (χ3n) is 3.77. The van der Waals surface area contributed by atoms with Gasteiger partial charge in [0.15, 0.2) is 0 Å². The first-order chi connectivity index (χ1) is 7.71. The summed E-state index contributed by atoms with van der Waals surface area (Å²) in [6, 6.07) is 0. The van der Waals surface area contributed by atoms with Crippen LogP contribution in [-0.4, -0.2) is 31.2 Å². The SMILES string of the molecule is Cl.NC1(C(=O)NCC2CCOC2)CCCCC1. The highest BCUT2D eigenvalue weighted by Gasteiger charge is 2.35. The van der Waals surface area contributed by atoms with Crippen LogP contribution in [0.3, 0.4) is 0 Å². The molecule has 1 saturated heterocycles. The molecule has 5 heteroatoms. The van der Waals surface area contributed by atoms with Gasteiger partial charge in [-0.25, -0.2) is 0 Å². The minimum Gasteiger partial charge on any atom is -0.381 e. The van der Waals surface area contributed by atoms with Crippen molar-refractivity contribution in [1.82, 2.24) is 5.32 Å². The summed E-state index contributed by atoms with van der Waals surface area (Å²) >= 11 is 0. The third kappa shape index (κ3) is 3.83. The van der Waals surface area contributed by atoms with Crippen LogP contribution in [0.2, 0.25) is 0 Å². The molecule has 0 aromatic rings. The summed E-state index contributed by atoms with van der Waals surface area (Å²) in [5.74, 6) is 0.523. The Morgan fingerprint density at radius 3 is 2.65 bits per heavy atom. The average molecular weight is 263 g/mol. The summed E-state index contributed by atoms with van der Waals surface area (Å²) in [5.41, 5.74) is 5.54. The van der Waals surface area contributed by atoms with Gasteiger partial charge in [0, 0.05) is 19.1 Å². The minimum absolute atomic E-state index is 0. The van der Waals surface area contributed by atoms with Crippen LogP contribution in [0.5, 0.6) is 0 Å². The number of rotatable bonds is 3. The summed E-state index contributed by atoms with van der Waals surface area (Å²) in [4.78, 5) is 12.0. The van der Waals surface area contributed by atoms with Crippen LogP contribution in [0.1, 0.15) is 38.5 Å². The highest BCUT2D eigenvalue weighted by atomic mass is 35.5. The summed E-state index contributed by atoms with van der Waals surface area (Å²) in [6.07, 6.45) is 6.09. The molecule has 1 aliphatic heterocycles. The zero-order valence-corrected chi connectivity index (χ0v) is 11.1. The Balaban J connectivity index is 0.00000144. The topological polar surface area (TPSA) is 64.4 Å². The average Bonchev–Trinajstić information content (AvgIpc) is 2.79. The molecule has 0 bridgehead atoms. The molecule has 0 spiro atoms. The van der Waals surface area contributed by atoms with Crippen molar-refractivity contribution < 1.29 is 9.53 Å². The van der Waals surface area contributed by atoms with E-state index in [0.29, 0.717) is 5.92 Å². The smallest absolute Gasteiger partial charge is 0.240 e. The van der Waals surface area contributed by atoms with Gasteiger partial charge in [0.1, 0.15) is 0 Å². The molecule has 0 aromatic carbocycles. The molecule has 0 aromatic heterocycles. The standard InChI is InChI=1S/C12H22N2O2.ClH/c13-12(5-2-1-3-6-12)11(15)14-8-10-4-7-16-9-10;/h10H,1-9,13H2,(H,14,15);1H. The zero-order valence-electron chi connectivity index (χ0n) is 10.2. The summed E-state index contributed by atoms with van der Waals surface area (Å²) < 4.78 is 5.28. The molecule has 4 nitrogen and oxygen atoms in total. The fraction of sp³-hybridized carbons (Fsp3) is 0.917. The van der Waals surface area contributed by atoms with E-state index >= 15 is 0 Å². The van der Waals surface area contributed by atoms with Crippen LogP contribution in [-0.2, 0) is 9.53 Å². The van der Waals surface area contributed by atoms with Gasteiger partial charge in [0.05, 0.1) is 12.1 Å². The lowest BCUT2D eigenvalue weighted by Crippen LogP contribution is -2.55. The summed E-state index contributed by atoms with van der Waals surface area (Å²) in [5, 5.41) is 2.99. The number of hydrogen-bond acceptors (Lipinski definition) is 3. The van der Waals surface area contributed by atoms with E-state index in [1.54, 1.807) is 0 Å². The van der Waals surface area contributed by atoms with Gasteiger partial charge in [0.25, 0.3) is 0 Å². The lowest BCUT2D eigenvalue weighted by Gasteiger charge is -2.32. The molecule has 1 unspecified atom stereocenters. The van der Waals surface area contributed by atoms with Gasteiger partial charge in [-0.05, 0) is 19.3 Å². The Kier molecular flexibility index (Phi) is 5.70. The molecule has 1 atom stereocenters. The molecule has 0 radical (unpaired) electrons. The zero-order chi connectivity index (χ0) is 11.4. The molecule has 2 fully saturated rings. The van der Waals surface area contributed by atoms with Gasteiger partial charge < -0.3 is 15.8 Å². The number of carbonyl (C=O) groups excluding carboxylic acids is 1. The van der Waals surface area contributed by atoms with Crippen LogP contribution < -0.4 is 11.1 Å². The van der Waals surface area contributed by atoms with Crippen LogP contribution in [0.15, 0.2) is 0 Å². The van der Waals surface area contributed by atoms with Crippen molar-refractivity contribution in [2.75, 3.05) is 19.8 Å². The first-order valence-electron chi connectivity index (χ1n) is 6.36. The maximum Gasteiger partial charge on any atom is 0.240 e. The Hall–Kier alpha value is -0.320. The fourth-order valence-electron chi connectivity index (χ4n) is 2.57. The van der Waals surface area contributed by atoms with E-state index in [1.807, 2.05) is 0 Å². The molecule has 17 heavy (non-hydrogen) atoms. The molecular weight excluding hydrogens is 240 g/mol. The van der Waals surface area contributed by atoms with Crippen LogP contribution in [0.25, 0.3) is 0 Å². The molecule has 100 valence electrons. The second-order valence-electron chi connectivity index (χ2n) is 5.16. The maximum atomic E-state index is 12.0. The van der Waals surface area contributed by atoms with Crippen LogP contribution >= 0.6 is 12.4 Å². The normalized spacial score (nSPS) is 27.2. The highest BCUT2D eigenvalue weighted by molar-refractivity contribution is 5.86. The molecule has 1 heterocycles. The van der Waals surface area contributed by atoms with Crippen LogP contribution in [0, 0.1) is 5.92 Å². The van der Waals surface area contributed by atoms with Crippen molar-refractivity contribution in [2.45, 2.75) is 44.1 Å². The minimum atomic E-state index is -0.599. The van der Waals surface area contributed by atoms with Gasteiger partial charge in [-0.2, -0.15) is 0 Å². The molecular formula is C12H23ClN2O2. The van der Waals surface area contributed by atoms with E-state index in [4.69, 9.17) is 10.5 Å². The second-order valence-corrected chi connectivity index (χ2v) is 5.16. The largest absolute Gasteiger partial charge is 0.381 e. The second kappa shape index (κ2) is 6.57. The van der Waals surface area contributed by atoms with E-state index < -0.39 is 5.54 Å². The molecule has 2 aliphatic rings. The maximum absolute atomic E-state index is 12.0. The molecule has 1 saturated carbocycles. The predicted octanol–water partition coefficient (Wildman–Crippen LogP) is 1.22. The van der Waals surface area contributed by atoms with Gasteiger partial charge in [-0.15, -0.1) is 12.4 Å². The number of carbonyl (C=O) groups is 1. The number of nitrogens with two attached hydrogens (primary N) is 1. The van der Waals surface area contributed by atoms with Crippen LogP contribution in [0.4, 0.5) is 0 Å². The monoisotopic (exact) mass is 262 g/mol. The lowest BCUT2D eigenvalue weighted by molar-refractivity contribution is -0.127. The lowest BCUT2D eigenvalue weighted by atomic mass is 9.82. The Morgan fingerprint density at radius 2 is 2.06 bits per heavy atom. The highest BCUT2D eigenvalue weighted by Crippen LogP contribution is 2.26. The quantitative estimate of drug-likeness (QED) is 0.804. The van der Waals surface area contributed by atoms with Gasteiger partial charge in [-0.1, -0.05) is 19.3 Å². The Bertz CT molecular complexity index is 249. The molecule has 3 N–H and O–H groups in total. The number of ether oxygens (including phenoxy) is 1. The van der Waals surface area contributed by atoms with E-state index in [2.05, 4.69) is 5.32 Å². The molecule has 1 aliphatic carbocycles. The third-order valence-corrected chi connectivity index (χ3v) is 3.77. The molecule has 2 rings (SSSR count). The van der Waals surface area contributed by atoms with Crippen molar-refractivity contribution in [2.24, 2.45) is 11.7 Å². The van der Waals surface area contributed by atoms with E-state index in [-0.39, 0.29) is 18.3 Å². The van der Waals surface area contributed by atoms with Crippen molar-refractivity contribution in [3.8, 4) is 0 Å². The Morgan fingerprint density at radius 1 is 1.35 bits per heavy atom. The van der Waals surface area contributed by atoms with Crippen molar-refractivity contribution in [3.05, 3.63) is 0 Å². The fourth-order valence-corrected chi connectivity index (χ4v) is 2.57. The van der Waals surface area contributed by atoms with Crippen molar-refractivity contribution in [3.63, 3.8) is 0 Å². The summed E-state index contributed by atoms with van der Waals surface area (Å²) in [7, 11) is 0. The summed E-state index contributed by atoms with van der Waals surface area (Å²) in [6.45, 7) is 2.32. The first kappa shape index (κ1) is 14.7. The van der Waals surface area contributed by atoms with Gasteiger partial charge in [0.2, 0.25) is 5.91 Å². The predicted molar refractivity (Wildman–Crippen MR) is 69.2 cm³/mol. The number of halogens is 1. The van der Waals surface area contributed by atoms with E-state index in [1.165, 1.54) is 6.42 Å². The van der Waals surface area contributed by atoms with Gasteiger partial charge >= 0.3 is 0 Å².